The van der Waals surface area contributed by atoms with Crippen LogP contribution in [0.25, 0.3) is 0 Å². The zero-order valence-electron chi connectivity index (χ0n) is 8.51. The topological polar surface area (TPSA) is 59.2 Å². The van der Waals surface area contributed by atoms with Crippen LogP contribution in [0.2, 0.25) is 0 Å². The molecule has 0 aliphatic heterocycles. The van der Waals surface area contributed by atoms with E-state index in [4.69, 9.17) is 4.74 Å². The van der Waals surface area contributed by atoms with Gasteiger partial charge in [0.05, 0.1) is 6.61 Å². The van der Waals surface area contributed by atoms with Crippen molar-refractivity contribution in [2.24, 2.45) is 0 Å². The standard InChI is InChI=1S/C10H13NO3/c1-4-14-10(13)9-5-8(7(3)12)6(2)11-9/h5,11H,4H2,1-3H3. The summed E-state index contributed by atoms with van der Waals surface area (Å²) in [5.74, 6) is -0.489. The number of hydrogen-bond donors (Lipinski definition) is 1. The van der Waals surface area contributed by atoms with Gasteiger partial charge in [0.15, 0.2) is 5.78 Å². The molecule has 0 fully saturated rings. The molecule has 0 atom stereocenters. The lowest BCUT2D eigenvalue weighted by Gasteiger charge is -1.96. The van der Waals surface area contributed by atoms with Crippen molar-refractivity contribution in [2.45, 2.75) is 20.8 Å². The van der Waals surface area contributed by atoms with Crippen LogP contribution >= 0.6 is 0 Å². The number of H-pyrrole nitrogens is 1. The lowest BCUT2D eigenvalue weighted by molar-refractivity contribution is 0.0520. The molecule has 0 saturated heterocycles. The molecule has 0 spiro atoms. The molecule has 4 nitrogen and oxygen atoms in total. The van der Waals surface area contributed by atoms with E-state index in [2.05, 4.69) is 4.98 Å². The Morgan fingerprint density at radius 3 is 2.57 bits per heavy atom. The van der Waals surface area contributed by atoms with Crippen LogP contribution in [0.4, 0.5) is 0 Å². The molecule has 0 saturated carbocycles. The van der Waals surface area contributed by atoms with Crippen molar-refractivity contribution < 1.29 is 14.3 Å². The quantitative estimate of drug-likeness (QED) is 0.590. The van der Waals surface area contributed by atoms with Crippen LogP contribution in [0, 0.1) is 6.92 Å². The monoisotopic (exact) mass is 195 g/mol. The maximum absolute atomic E-state index is 11.3. The van der Waals surface area contributed by atoms with Gasteiger partial charge in [0.1, 0.15) is 5.69 Å². The normalized spacial score (nSPS) is 9.93. The van der Waals surface area contributed by atoms with Crippen molar-refractivity contribution in [2.75, 3.05) is 6.61 Å². The summed E-state index contributed by atoms with van der Waals surface area (Å²) in [5.41, 5.74) is 1.56. The number of aromatic nitrogens is 1. The van der Waals surface area contributed by atoms with Gasteiger partial charge in [-0.2, -0.15) is 0 Å². The number of ether oxygens (including phenoxy) is 1. The first kappa shape index (κ1) is 10.5. The fourth-order valence-corrected chi connectivity index (χ4v) is 1.24. The van der Waals surface area contributed by atoms with Gasteiger partial charge in [-0.05, 0) is 26.8 Å². The van der Waals surface area contributed by atoms with E-state index in [1.54, 1.807) is 13.8 Å². The van der Waals surface area contributed by atoms with Crippen LogP contribution in [-0.4, -0.2) is 23.3 Å². The zero-order valence-corrected chi connectivity index (χ0v) is 8.51. The number of rotatable bonds is 3. The number of Topliss-reactive ketones (excluding diaryl/α,β-unsaturated/α-hetero) is 1. The molecule has 0 aliphatic carbocycles. The Kier molecular flexibility index (Phi) is 3.06. The minimum Gasteiger partial charge on any atom is -0.461 e. The predicted molar refractivity (Wildman–Crippen MR) is 51.5 cm³/mol. The van der Waals surface area contributed by atoms with Crippen LogP contribution in [0.5, 0.6) is 0 Å². The van der Waals surface area contributed by atoms with E-state index in [-0.39, 0.29) is 5.78 Å². The molecule has 1 N–H and O–H groups in total. The molecule has 0 aliphatic rings. The number of aryl methyl sites for hydroxylation is 1. The summed E-state index contributed by atoms with van der Waals surface area (Å²) in [5, 5.41) is 0. The van der Waals surface area contributed by atoms with Crippen LogP contribution in [0.1, 0.15) is 40.4 Å². The molecule has 1 rings (SSSR count). The van der Waals surface area contributed by atoms with Crippen molar-refractivity contribution in [3.63, 3.8) is 0 Å². The third kappa shape index (κ3) is 2.02. The molecule has 0 amide bonds. The molecule has 1 aromatic rings. The number of nitrogens with one attached hydrogen (secondary N) is 1. The summed E-state index contributed by atoms with van der Waals surface area (Å²) >= 11 is 0. The Balaban J connectivity index is 2.96. The first-order valence-electron chi connectivity index (χ1n) is 4.44. The van der Waals surface area contributed by atoms with E-state index >= 15 is 0 Å². The van der Waals surface area contributed by atoms with Gasteiger partial charge in [-0.3, -0.25) is 4.79 Å². The van der Waals surface area contributed by atoms with Crippen LogP contribution in [0.3, 0.4) is 0 Å². The van der Waals surface area contributed by atoms with E-state index in [9.17, 15) is 9.59 Å². The zero-order chi connectivity index (χ0) is 10.7. The fraction of sp³-hybridized carbons (Fsp3) is 0.400. The third-order valence-corrected chi connectivity index (χ3v) is 1.89. The van der Waals surface area contributed by atoms with Crippen molar-refractivity contribution >= 4 is 11.8 Å². The molecular weight excluding hydrogens is 182 g/mol. The van der Waals surface area contributed by atoms with Gasteiger partial charge in [0.25, 0.3) is 0 Å². The van der Waals surface area contributed by atoms with Gasteiger partial charge < -0.3 is 9.72 Å². The Hall–Kier alpha value is -1.58. The van der Waals surface area contributed by atoms with Gasteiger partial charge in [-0.15, -0.1) is 0 Å². The van der Waals surface area contributed by atoms with Crippen molar-refractivity contribution in [3.8, 4) is 0 Å². The van der Waals surface area contributed by atoms with Crippen LogP contribution in [0.15, 0.2) is 6.07 Å². The number of carbonyl (C=O) groups is 2. The highest BCUT2D eigenvalue weighted by Gasteiger charge is 2.14. The fourth-order valence-electron chi connectivity index (χ4n) is 1.24. The van der Waals surface area contributed by atoms with E-state index < -0.39 is 5.97 Å². The van der Waals surface area contributed by atoms with Crippen LogP contribution in [-0.2, 0) is 4.74 Å². The van der Waals surface area contributed by atoms with E-state index in [0.717, 1.165) is 0 Å². The molecule has 0 unspecified atom stereocenters. The maximum atomic E-state index is 11.3. The highest BCUT2D eigenvalue weighted by molar-refractivity contribution is 5.98. The first-order chi connectivity index (χ1) is 6.56. The Morgan fingerprint density at radius 1 is 1.50 bits per heavy atom. The van der Waals surface area contributed by atoms with E-state index in [1.165, 1.54) is 13.0 Å². The summed E-state index contributed by atoms with van der Waals surface area (Å²) in [6, 6.07) is 1.52. The van der Waals surface area contributed by atoms with Crippen LogP contribution < -0.4 is 0 Å². The number of esters is 1. The second-order valence-electron chi connectivity index (χ2n) is 3.00. The summed E-state index contributed by atoms with van der Waals surface area (Å²) in [4.78, 5) is 25.2. The summed E-state index contributed by atoms with van der Waals surface area (Å²) in [6.45, 7) is 5.27. The minimum absolute atomic E-state index is 0.0608. The molecule has 1 heterocycles. The molecule has 76 valence electrons. The van der Waals surface area contributed by atoms with Gasteiger partial charge in [-0.1, -0.05) is 0 Å². The maximum Gasteiger partial charge on any atom is 0.354 e. The molecular formula is C10H13NO3. The minimum atomic E-state index is -0.428. The van der Waals surface area contributed by atoms with Crippen molar-refractivity contribution in [3.05, 3.63) is 23.0 Å². The van der Waals surface area contributed by atoms with Gasteiger partial charge in [-0.25, -0.2) is 4.79 Å². The summed E-state index contributed by atoms with van der Waals surface area (Å²) < 4.78 is 4.79. The Bertz CT molecular complexity index is 365. The smallest absolute Gasteiger partial charge is 0.354 e. The highest BCUT2D eigenvalue weighted by atomic mass is 16.5. The van der Waals surface area contributed by atoms with Gasteiger partial charge in [0.2, 0.25) is 0 Å². The van der Waals surface area contributed by atoms with Crippen molar-refractivity contribution in [1.82, 2.24) is 4.98 Å². The average Bonchev–Trinajstić information content (AvgIpc) is 2.48. The molecule has 0 bridgehead atoms. The lowest BCUT2D eigenvalue weighted by Crippen LogP contribution is -2.04. The van der Waals surface area contributed by atoms with E-state index in [1.807, 2.05) is 0 Å². The summed E-state index contributed by atoms with van der Waals surface area (Å²) in [7, 11) is 0. The second-order valence-corrected chi connectivity index (χ2v) is 3.00. The van der Waals surface area contributed by atoms with Gasteiger partial charge >= 0.3 is 5.97 Å². The lowest BCUT2D eigenvalue weighted by atomic mass is 10.2. The number of hydrogen-bond acceptors (Lipinski definition) is 3. The largest absolute Gasteiger partial charge is 0.461 e. The highest BCUT2D eigenvalue weighted by Crippen LogP contribution is 2.11. The predicted octanol–water partition coefficient (Wildman–Crippen LogP) is 1.70. The first-order valence-corrected chi connectivity index (χ1v) is 4.44. The molecule has 1 aromatic heterocycles. The SMILES string of the molecule is CCOC(=O)c1cc(C(C)=O)c(C)[nH]1. The summed E-state index contributed by atoms with van der Waals surface area (Å²) in [6.07, 6.45) is 0. The Morgan fingerprint density at radius 2 is 2.14 bits per heavy atom. The molecule has 14 heavy (non-hydrogen) atoms. The second kappa shape index (κ2) is 4.09. The average molecular weight is 195 g/mol. The Labute approximate surface area is 82.3 Å². The van der Waals surface area contributed by atoms with Crippen molar-refractivity contribution in [1.29, 1.82) is 0 Å². The number of aromatic amines is 1. The number of carbonyl (C=O) groups excluding carboxylic acids is 2. The molecule has 0 radical (unpaired) electrons. The third-order valence-electron chi connectivity index (χ3n) is 1.89. The molecule has 4 heteroatoms. The molecule has 0 aromatic carbocycles. The van der Waals surface area contributed by atoms with Gasteiger partial charge in [0, 0.05) is 11.3 Å². The number of ketones is 1. The van der Waals surface area contributed by atoms with E-state index in [0.29, 0.717) is 23.6 Å².